The smallest absolute Gasteiger partial charge is 0.239 e. The first-order valence-electron chi connectivity index (χ1n) is 7.63. The van der Waals surface area contributed by atoms with Gasteiger partial charge in [0.25, 0.3) is 0 Å². The maximum atomic E-state index is 11.8. The fourth-order valence-electron chi connectivity index (χ4n) is 2.08. The Balaban J connectivity index is 1.77. The molecule has 7 nitrogen and oxygen atoms in total. The van der Waals surface area contributed by atoms with Gasteiger partial charge >= 0.3 is 0 Å². The van der Waals surface area contributed by atoms with Gasteiger partial charge in [-0.3, -0.25) is 9.59 Å². The third-order valence-electron chi connectivity index (χ3n) is 3.23. The molecule has 1 saturated carbocycles. The van der Waals surface area contributed by atoms with Gasteiger partial charge in [0.15, 0.2) is 5.16 Å². The number of thioether (sulfide) groups is 1. The van der Waals surface area contributed by atoms with E-state index in [9.17, 15) is 9.59 Å². The molecule has 0 bridgehead atoms. The van der Waals surface area contributed by atoms with Crippen LogP contribution in [0.1, 0.15) is 45.4 Å². The first kappa shape index (κ1) is 16.8. The summed E-state index contributed by atoms with van der Waals surface area (Å²) < 4.78 is 2.07. The van der Waals surface area contributed by atoms with Gasteiger partial charge in [0.05, 0.1) is 12.3 Å². The van der Waals surface area contributed by atoms with Gasteiger partial charge in [-0.1, -0.05) is 11.8 Å². The number of nitrogens with one attached hydrogen (secondary N) is 2. The molecule has 22 heavy (non-hydrogen) atoms. The molecule has 0 radical (unpaired) electrons. The molecule has 1 fully saturated rings. The molecule has 0 aliphatic heterocycles. The summed E-state index contributed by atoms with van der Waals surface area (Å²) >= 11 is 1.36. The molecule has 1 heterocycles. The van der Waals surface area contributed by atoms with E-state index in [0.717, 1.165) is 17.5 Å². The third kappa shape index (κ3) is 4.72. The largest absolute Gasteiger partial charge is 0.352 e. The van der Waals surface area contributed by atoms with E-state index < -0.39 is 0 Å². The highest BCUT2D eigenvalue weighted by molar-refractivity contribution is 7.99. The maximum absolute atomic E-state index is 11.8. The van der Waals surface area contributed by atoms with Crippen LogP contribution in [-0.2, 0) is 16.1 Å². The van der Waals surface area contributed by atoms with E-state index in [4.69, 9.17) is 0 Å². The summed E-state index contributed by atoms with van der Waals surface area (Å²) in [6.07, 6.45) is 2.35. The number of hydrogen-bond donors (Lipinski definition) is 2. The summed E-state index contributed by atoms with van der Waals surface area (Å²) in [6, 6.07) is 0.0720. The van der Waals surface area contributed by atoms with Crippen LogP contribution < -0.4 is 10.6 Å². The minimum Gasteiger partial charge on any atom is -0.352 e. The zero-order valence-electron chi connectivity index (χ0n) is 13.3. The lowest BCUT2D eigenvalue weighted by Gasteiger charge is -2.09. The van der Waals surface area contributed by atoms with Crippen LogP contribution in [0, 0.1) is 0 Å². The Morgan fingerprint density at radius 1 is 1.32 bits per heavy atom. The monoisotopic (exact) mass is 325 g/mol. The van der Waals surface area contributed by atoms with Crippen molar-refractivity contribution >= 4 is 23.6 Å². The van der Waals surface area contributed by atoms with Gasteiger partial charge in [-0.15, -0.1) is 10.2 Å². The zero-order chi connectivity index (χ0) is 16.1. The molecule has 8 heteroatoms. The van der Waals surface area contributed by atoms with E-state index in [1.165, 1.54) is 24.6 Å². The number of amides is 2. The van der Waals surface area contributed by atoms with Crippen LogP contribution in [0.4, 0.5) is 0 Å². The fraction of sp³-hybridized carbons (Fsp3) is 0.714. The van der Waals surface area contributed by atoms with Crippen molar-refractivity contribution < 1.29 is 9.59 Å². The molecular weight excluding hydrogens is 302 g/mol. The predicted octanol–water partition coefficient (Wildman–Crippen LogP) is 0.908. The average Bonchev–Trinajstić information content (AvgIpc) is 3.22. The van der Waals surface area contributed by atoms with Crippen LogP contribution in [0.2, 0.25) is 0 Å². The minimum atomic E-state index is -0.180. The van der Waals surface area contributed by atoms with Gasteiger partial charge in [0.2, 0.25) is 11.8 Å². The second-order valence-corrected chi connectivity index (χ2v) is 6.59. The number of carbonyl (C=O) groups excluding carboxylic acids is 2. The maximum Gasteiger partial charge on any atom is 0.239 e. The van der Waals surface area contributed by atoms with Crippen molar-refractivity contribution in [3.05, 3.63) is 5.82 Å². The molecule has 0 unspecified atom stereocenters. The van der Waals surface area contributed by atoms with E-state index >= 15 is 0 Å². The van der Waals surface area contributed by atoms with Gasteiger partial charge in [-0.25, -0.2) is 0 Å². The Morgan fingerprint density at radius 3 is 2.64 bits per heavy atom. The number of aromatic nitrogens is 3. The number of rotatable bonds is 8. The molecule has 1 aliphatic carbocycles. The molecule has 0 spiro atoms. The molecule has 0 atom stereocenters. The lowest BCUT2D eigenvalue weighted by molar-refractivity contribution is -0.125. The van der Waals surface area contributed by atoms with Crippen molar-refractivity contribution in [3.8, 4) is 0 Å². The molecule has 1 aliphatic rings. The van der Waals surface area contributed by atoms with Gasteiger partial charge < -0.3 is 15.2 Å². The summed E-state index contributed by atoms with van der Waals surface area (Å²) in [7, 11) is 0. The molecule has 2 amide bonds. The summed E-state index contributed by atoms with van der Waals surface area (Å²) in [5.74, 6) is 1.44. The van der Waals surface area contributed by atoms with Crippen molar-refractivity contribution in [3.63, 3.8) is 0 Å². The van der Waals surface area contributed by atoms with E-state index in [0.29, 0.717) is 5.92 Å². The second kappa shape index (κ2) is 7.62. The van der Waals surface area contributed by atoms with Crippen molar-refractivity contribution in [2.45, 2.75) is 57.3 Å². The van der Waals surface area contributed by atoms with Crippen LogP contribution >= 0.6 is 11.8 Å². The van der Waals surface area contributed by atoms with E-state index in [1.807, 2.05) is 13.8 Å². The summed E-state index contributed by atoms with van der Waals surface area (Å²) in [6.45, 7) is 6.62. The van der Waals surface area contributed by atoms with E-state index in [1.54, 1.807) is 0 Å². The molecule has 2 N–H and O–H groups in total. The van der Waals surface area contributed by atoms with E-state index in [2.05, 4.69) is 32.3 Å². The van der Waals surface area contributed by atoms with Crippen molar-refractivity contribution in [2.75, 3.05) is 12.3 Å². The van der Waals surface area contributed by atoms with Crippen LogP contribution in [0.5, 0.6) is 0 Å². The van der Waals surface area contributed by atoms with Gasteiger partial charge in [0.1, 0.15) is 5.82 Å². The van der Waals surface area contributed by atoms with Gasteiger partial charge in [-0.2, -0.15) is 0 Å². The van der Waals surface area contributed by atoms with Crippen LogP contribution in [0.25, 0.3) is 0 Å². The van der Waals surface area contributed by atoms with Crippen LogP contribution in [0.15, 0.2) is 5.16 Å². The highest BCUT2D eigenvalue weighted by Crippen LogP contribution is 2.39. The third-order valence-corrected chi connectivity index (χ3v) is 4.20. The SMILES string of the molecule is CCn1c(SCC(=O)NCC(=O)NC(C)C)nnc1C1CC1. The number of hydrogen-bond acceptors (Lipinski definition) is 5. The van der Waals surface area contributed by atoms with Crippen LogP contribution in [-0.4, -0.2) is 44.9 Å². The summed E-state index contributed by atoms with van der Waals surface area (Å²) in [4.78, 5) is 23.2. The quantitative estimate of drug-likeness (QED) is 0.694. The summed E-state index contributed by atoms with van der Waals surface area (Å²) in [5, 5.41) is 14.5. The molecule has 0 aromatic carbocycles. The lowest BCUT2D eigenvalue weighted by Crippen LogP contribution is -2.40. The Kier molecular flexibility index (Phi) is 5.82. The minimum absolute atomic E-state index is 0.00532. The molecule has 2 rings (SSSR count). The molecule has 1 aromatic rings. The zero-order valence-corrected chi connectivity index (χ0v) is 14.1. The van der Waals surface area contributed by atoms with E-state index in [-0.39, 0.29) is 30.2 Å². The Labute approximate surface area is 134 Å². The molecule has 0 saturated heterocycles. The molecule has 1 aromatic heterocycles. The predicted molar refractivity (Wildman–Crippen MR) is 84.7 cm³/mol. The Hall–Kier alpha value is -1.57. The summed E-state index contributed by atoms with van der Waals surface area (Å²) in [5.41, 5.74) is 0. The highest BCUT2D eigenvalue weighted by Gasteiger charge is 2.30. The average molecular weight is 325 g/mol. The number of carbonyl (C=O) groups is 2. The molecular formula is C14H23N5O2S. The second-order valence-electron chi connectivity index (χ2n) is 5.65. The fourth-order valence-corrected chi connectivity index (χ4v) is 2.92. The Bertz CT molecular complexity index is 539. The first-order chi connectivity index (χ1) is 10.5. The lowest BCUT2D eigenvalue weighted by atomic mass is 10.4. The Morgan fingerprint density at radius 2 is 2.05 bits per heavy atom. The normalized spacial score (nSPS) is 14.2. The van der Waals surface area contributed by atoms with Crippen LogP contribution in [0.3, 0.4) is 0 Å². The van der Waals surface area contributed by atoms with Crippen molar-refractivity contribution in [2.24, 2.45) is 0 Å². The van der Waals surface area contributed by atoms with Gasteiger partial charge in [0, 0.05) is 18.5 Å². The number of nitrogens with zero attached hydrogens (tertiary/aromatic N) is 3. The van der Waals surface area contributed by atoms with Gasteiger partial charge in [-0.05, 0) is 33.6 Å². The first-order valence-corrected chi connectivity index (χ1v) is 8.61. The highest BCUT2D eigenvalue weighted by atomic mass is 32.2. The standard InChI is InChI=1S/C14H23N5O2S/c1-4-19-13(10-5-6-10)17-18-14(19)22-8-12(21)15-7-11(20)16-9(2)3/h9-10H,4-8H2,1-3H3,(H,15,21)(H,16,20). The van der Waals surface area contributed by atoms with Crippen molar-refractivity contribution in [1.82, 2.24) is 25.4 Å². The topological polar surface area (TPSA) is 88.9 Å². The van der Waals surface area contributed by atoms with Crippen molar-refractivity contribution in [1.29, 1.82) is 0 Å². The molecule has 122 valence electrons.